The number of nitrogens with zero attached hydrogens (tertiary/aromatic N) is 5. The molecule has 2 N–H and O–H groups in total. The zero-order valence-electron chi connectivity index (χ0n) is 16.6. The van der Waals surface area contributed by atoms with Crippen LogP contribution in [0, 0.1) is 0 Å². The zero-order chi connectivity index (χ0) is 19.6. The van der Waals surface area contributed by atoms with Gasteiger partial charge >= 0.3 is 0 Å². The fraction of sp³-hybridized carbons (Fsp3) is 0.474. The predicted molar refractivity (Wildman–Crippen MR) is 106 cm³/mol. The summed E-state index contributed by atoms with van der Waals surface area (Å²) in [4.78, 5) is 23.0. The summed E-state index contributed by atoms with van der Waals surface area (Å²) in [5.41, 5.74) is 1.75. The summed E-state index contributed by atoms with van der Waals surface area (Å²) in [6.07, 6.45) is 1.53. The van der Waals surface area contributed by atoms with E-state index in [1.54, 1.807) is 4.68 Å². The minimum atomic E-state index is 0.0636. The number of amides is 1. The molecule has 0 aliphatic carbocycles. The van der Waals surface area contributed by atoms with E-state index in [9.17, 15) is 4.79 Å². The normalized spacial score (nSPS) is 11.3. The van der Waals surface area contributed by atoms with Crippen molar-refractivity contribution in [3.05, 3.63) is 47.5 Å². The van der Waals surface area contributed by atoms with Crippen molar-refractivity contribution in [1.82, 2.24) is 30.3 Å². The molecule has 0 spiro atoms. The average molecular weight is 371 g/mol. The molecule has 8 heteroatoms. The molecule has 0 atom stereocenters. The third kappa shape index (κ3) is 5.80. The number of aryl methyl sites for hydroxylation is 1. The van der Waals surface area contributed by atoms with Crippen LogP contribution in [-0.2, 0) is 20.1 Å². The number of nitrogens with one attached hydrogen (secondary N) is 2. The van der Waals surface area contributed by atoms with Gasteiger partial charge in [0.2, 0.25) is 0 Å². The van der Waals surface area contributed by atoms with Crippen LogP contribution < -0.4 is 10.6 Å². The number of aromatic nitrogens is 3. The van der Waals surface area contributed by atoms with E-state index in [1.807, 2.05) is 57.0 Å². The summed E-state index contributed by atoms with van der Waals surface area (Å²) in [5.74, 6) is 1.61. The number of rotatable bonds is 8. The average Bonchev–Trinajstić information content (AvgIpc) is 3.10. The van der Waals surface area contributed by atoms with Gasteiger partial charge in [0.25, 0.3) is 5.91 Å². The van der Waals surface area contributed by atoms with Crippen molar-refractivity contribution >= 4 is 11.9 Å². The number of hydrogen-bond donors (Lipinski definition) is 2. The zero-order valence-corrected chi connectivity index (χ0v) is 16.6. The van der Waals surface area contributed by atoms with Crippen molar-refractivity contribution in [3.8, 4) is 0 Å². The standard InChI is InChI=1S/C19H29N7O/c1-5-20-19(22-13-17-23-14-24-25(17)4)21-12-15-8-10-16(11-9-15)18(27)26(6-2)7-3/h8-11,14H,5-7,12-13H2,1-4H3,(H2,20,21,22). The van der Waals surface area contributed by atoms with Gasteiger partial charge in [0, 0.05) is 32.2 Å². The summed E-state index contributed by atoms with van der Waals surface area (Å²) < 4.78 is 1.72. The van der Waals surface area contributed by atoms with Gasteiger partial charge in [-0.15, -0.1) is 0 Å². The Balaban J connectivity index is 1.98. The molecule has 2 rings (SSSR count). The first-order chi connectivity index (χ1) is 13.1. The third-order valence-electron chi connectivity index (χ3n) is 4.23. The lowest BCUT2D eigenvalue weighted by molar-refractivity contribution is 0.0773. The van der Waals surface area contributed by atoms with Crippen LogP contribution in [-0.4, -0.2) is 51.2 Å². The fourth-order valence-electron chi connectivity index (χ4n) is 2.60. The van der Waals surface area contributed by atoms with Crippen molar-refractivity contribution in [2.24, 2.45) is 12.0 Å². The van der Waals surface area contributed by atoms with Crippen LogP contribution in [0.2, 0.25) is 0 Å². The van der Waals surface area contributed by atoms with Crippen LogP contribution in [0.4, 0.5) is 0 Å². The largest absolute Gasteiger partial charge is 0.357 e. The summed E-state index contributed by atoms with van der Waals surface area (Å²) in [7, 11) is 1.86. The lowest BCUT2D eigenvalue weighted by atomic mass is 10.1. The van der Waals surface area contributed by atoms with Crippen LogP contribution in [0.25, 0.3) is 0 Å². The Hall–Kier alpha value is -2.90. The Morgan fingerprint density at radius 1 is 1.15 bits per heavy atom. The Bertz CT molecular complexity index is 748. The first-order valence-electron chi connectivity index (χ1n) is 9.32. The quantitative estimate of drug-likeness (QED) is 0.543. The van der Waals surface area contributed by atoms with Gasteiger partial charge in [-0.3, -0.25) is 9.48 Å². The van der Waals surface area contributed by atoms with Crippen LogP contribution in [0.15, 0.2) is 35.6 Å². The second-order valence-corrected chi connectivity index (χ2v) is 6.02. The van der Waals surface area contributed by atoms with E-state index < -0.39 is 0 Å². The molecule has 0 saturated heterocycles. The second-order valence-electron chi connectivity index (χ2n) is 6.02. The van der Waals surface area contributed by atoms with Gasteiger partial charge in [0.15, 0.2) is 5.96 Å². The molecule has 146 valence electrons. The maximum atomic E-state index is 12.4. The first kappa shape index (κ1) is 20.4. The molecule has 8 nitrogen and oxygen atoms in total. The van der Waals surface area contributed by atoms with E-state index in [-0.39, 0.29) is 5.91 Å². The smallest absolute Gasteiger partial charge is 0.253 e. The molecule has 0 fully saturated rings. The fourth-order valence-corrected chi connectivity index (χ4v) is 2.60. The van der Waals surface area contributed by atoms with E-state index in [4.69, 9.17) is 0 Å². The maximum Gasteiger partial charge on any atom is 0.253 e. The number of carbonyl (C=O) groups excluding carboxylic acids is 1. The molecule has 1 aromatic carbocycles. The van der Waals surface area contributed by atoms with Gasteiger partial charge in [-0.05, 0) is 38.5 Å². The molecule has 1 heterocycles. The van der Waals surface area contributed by atoms with E-state index >= 15 is 0 Å². The molecular formula is C19H29N7O. The summed E-state index contributed by atoms with van der Waals surface area (Å²) >= 11 is 0. The summed E-state index contributed by atoms with van der Waals surface area (Å²) in [6.45, 7) is 9.25. The van der Waals surface area contributed by atoms with Crippen molar-refractivity contribution < 1.29 is 4.79 Å². The van der Waals surface area contributed by atoms with Gasteiger partial charge < -0.3 is 15.5 Å². The Morgan fingerprint density at radius 3 is 2.41 bits per heavy atom. The SMILES string of the molecule is CCNC(=NCc1ccc(C(=O)N(CC)CC)cc1)NCc1ncnn1C. The van der Waals surface area contributed by atoms with E-state index in [0.717, 1.165) is 17.9 Å². The van der Waals surface area contributed by atoms with Crippen molar-refractivity contribution in [3.63, 3.8) is 0 Å². The van der Waals surface area contributed by atoms with Gasteiger partial charge in [0.1, 0.15) is 12.2 Å². The molecule has 0 unspecified atom stereocenters. The molecule has 0 bridgehead atoms. The predicted octanol–water partition coefficient (Wildman–Crippen LogP) is 1.55. The van der Waals surface area contributed by atoms with E-state index in [1.165, 1.54) is 6.33 Å². The lowest BCUT2D eigenvalue weighted by Gasteiger charge is -2.18. The topological polar surface area (TPSA) is 87.4 Å². The highest BCUT2D eigenvalue weighted by atomic mass is 16.2. The monoisotopic (exact) mass is 371 g/mol. The number of guanidine groups is 1. The summed E-state index contributed by atoms with van der Waals surface area (Å²) in [6, 6.07) is 7.63. The Kier molecular flexibility index (Phi) is 7.79. The highest BCUT2D eigenvalue weighted by Gasteiger charge is 2.11. The molecule has 1 aromatic heterocycles. The molecule has 0 aliphatic rings. The highest BCUT2D eigenvalue weighted by Crippen LogP contribution is 2.09. The number of carbonyl (C=O) groups is 1. The van der Waals surface area contributed by atoms with Crippen molar-refractivity contribution in [2.75, 3.05) is 19.6 Å². The van der Waals surface area contributed by atoms with Crippen molar-refractivity contribution in [2.45, 2.75) is 33.9 Å². The van der Waals surface area contributed by atoms with Crippen LogP contribution in [0.3, 0.4) is 0 Å². The van der Waals surface area contributed by atoms with E-state index in [2.05, 4.69) is 25.7 Å². The molecule has 0 saturated carbocycles. The van der Waals surface area contributed by atoms with E-state index in [0.29, 0.717) is 37.7 Å². The Morgan fingerprint density at radius 2 is 1.85 bits per heavy atom. The first-order valence-corrected chi connectivity index (χ1v) is 9.32. The molecule has 27 heavy (non-hydrogen) atoms. The Labute approximate surface area is 160 Å². The molecular weight excluding hydrogens is 342 g/mol. The number of benzene rings is 1. The van der Waals surface area contributed by atoms with Gasteiger partial charge in [0.05, 0.1) is 13.1 Å². The minimum absolute atomic E-state index is 0.0636. The molecule has 0 aliphatic heterocycles. The lowest BCUT2D eigenvalue weighted by Crippen LogP contribution is -2.37. The van der Waals surface area contributed by atoms with Gasteiger partial charge in [-0.25, -0.2) is 9.98 Å². The van der Waals surface area contributed by atoms with Crippen LogP contribution >= 0.6 is 0 Å². The van der Waals surface area contributed by atoms with Crippen LogP contribution in [0.1, 0.15) is 42.5 Å². The van der Waals surface area contributed by atoms with Crippen molar-refractivity contribution in [1.29, 1.82) is 0 Å². The number of hydrogen-bond acceptors (Lipinski definition) is 4. The van der Waals surface area contributed by atoms with Gasteiger partial charge in [-0.1, -0.05) is 12.1 Å². The second kappa shape index (κ2) is 10.3. The van der Waals surface area contributed by atoms with Gasteiger partial charge in [-0.2, -0.15) is 5.10 Å². The number of aliphatic imine (C=N–C) groups is 1. The van der Waals surface area contributed by atoms with Crippen LogP contribution in [0.5, 0.6) is 0 Å². The summed E-state index contributed by atoms with van der Waals surface area (Å²) in [5, 5.41) is 10.5. The molecule has 2 aromatic rings. The molecule has 1 amide bonds. The third-order valence-corrected chi connectivity index (χ3v) is 4.23. The minimum Gasteiger partial charge on any atom is -0.357 e. The molecule has 0 radical (unpaired) electrons. The maximum absolute atomic E-state index is 12.4. The highest BCUT2D eigenvalue weighted by molar-refractivity contribution is 5.94.